The molecule has 0 bridgehead atoms. The monoisotopic (exact) mass is 359 g/mol. The zero-order valence-electron chi connectivity index (χ0n) is 17.0. The average Bonchev–Trinajstić information content (AvgIpc) is 2.66. The lowest BCUT2D eigenvalue weighted by Crippen LogP contribution is -2.51. The first-order valence-electron chi connectivity index (χ1n) is 10.0. The molecule has 1 unspecified atom stereocenters. The van der Waals surface area contributed by atoms with Crippen LogP contribution >= 0.6 is 0 Å². The number of piperidine rings is 1. The average molecular weight is 360 g/mol. The van der Waals surface area contributed by atoms with Gasteiger partial charge in [-0.25, -0.2) is 0 Å². The van der Waals surface area contributed by atoms with Crippen molar-refractivity contribution in [1.29, 1.82) is 0 Å². The van der Waals surface area contributed by atoms with Gasteiger partial charge in [0.15, 0.2) is 5.96 Å². The summed E-state index contributed by atoms with van der Waals surface area (Å²) in [6.07, 6.45) is 4.67. The molecule has 5 nitrogen and oxygen atoms in total. The van der Waals surface area contributed by atoms with Crippen LogP contribution in [0.4, 0.5) is 0 Å². The highest BCUT2D eigenvalue weighted by molar-refractivity contribution is 5.80. The summed E-state index contributed by atoms with van der Waals surface area (Å²) in [5.74, 6) is 0.929. The van der Waals surface area contributed by atoms with E-state index >= 15 is 0 Å². The lowest BCUT2D eigenvalue weighted by atomic mass is 10.0. The fourth-order valence-corrected chi connectivity index (χ4v) is 3.54. The molecule has 0 spiro atoms. The first kappa shape index (κ1) is 20.7. The second kappa shape index (κ2) is 11.2. The van der Waals surface area contributed by atoms with Crippen molar-refractivity contribution in [3.63, 3.8) is 0 Å². The number of nitrogens with one attached hydrogen (secondary N) is 2. The molecule has 0 aliphatic carbocycles. The maximum atomic E-state index is 4.44. The van der Waals surface area contributed by atoms with Gasteiger partial charge in [-0.1, -0.05) is 37.3 Å². The standard InChI is InChI=1S/C21H37N5/c1-5-13-26-14-11-19(12-15-26)24-21(22-2)23-17-20(25(3)4)16-18-9-7-6-8-10-18/h6-10,19-20H,5,11-17H2,1-4H3,(H2,22,23,24). The highest BCUT2D eigenvalue weighted by atomic mass is 15.2. The van der Waals surface area contributed by atoms with Gasteiger partial charge in [-0.15, -0.1) is 0 Å². The number of hydrogen-bond donors (Lipinski definition) is 2. The Morgan fingerprint density at radius 3 is 2.50 bits per heavy atom. The van der Waals surface area contributed by atoms with Crippen LogP contribution in [0.3, 0.4) is 0 Å². The van der Waals surface area contributed by atoms with Crippen molar-refractivity contribution in [2.24, 2.45) is 4.99 Å². The molecule has 0 amide bonds. The maximum absolute atomic E-state index is 4.44. The Balaban J connectivity index is 1.79. The first-order chi connectivity index (χ1) is 12.6. The van der Waals surface area contributed by atoms with Gasteiger partial charge in [0.2, 0.25) is 0 Å². The molecule has 26 heavy (non-hydrogen) atoms. The molecule has 1 aliphatic rings. The van der Waals surface area contributed by atoms with Crippen LogP contribution in [0.15, 0.2) is 35.3 Å². The van der Waals surface area contributed by atoms with E-state index in [1.54, 1.807) is 0 Å². The first-order valence-corrected chi connectivity index (χ1v) is 10.0. The normalized spacial score (nSPS) is 18.1. The molecule has 0 aromatic heterocycles. The van der Waals surface area contributed by atoms with Gasteiger partial charge >= 0.3 is 0 Å². The number of aliphatic imine (C=N–C) groups is 1. The molecule has 1 aromatic carbocycles. The Morgan fingerprint density at radius 2 is 1.92 bits per heavy atom. The fraction of sp³-hybridized carbons (Fsp3) is 0.667. The summed E-state index contributed by atoms with van der Waals surface area (Å²) < 4.78 is 0. The summed E-state index contributed by atoms with van der Waals surface area (Å²) in [4.78, 5) is 9.29. The third-order valence-corrected chi connectivity index (χ3v) is 5.24. The lowest BCUT2D eigenvalue weighted by molar-refractivity contribution is 0.206. The van der Waals surface area contributed by atoms with Gasteiger partial charge in [0, 0.05) is 38.8 Å². The van der Waals surface area contributed by atoms with E-state index in [4.69, 9.17) is 0 Å². The molecule has 0 radical (unpaired) electrons. The minimum absolute atomic E-state index is 0.433. The van der Waals surface area contributed by atoms with E-state index in [9.17, 15) is 0 Å². The minimum Gasteiger partial charge on any atom is -0.355 e. The lowest BCUT2D eigenvalue weighted by Gasteiger charge is -2.33. The van der Waals surface area contributed by atoms with Gasteiger partial charge in [-0.05, 0) is 51.9 Å². The van der Waals surface area contributed by atoms with E-state index in [0.29, 0.717) is 12.1 Å². The number of likely N-dealkylation sites (N-methyl/N-ethyl adjacent to an activating group) is 1. The maximum Gasteiger partial charge on any atom is 0.191 e. The van der Waals surface area contributed by atoms with Crippen LogP contribution in [-0.4, -0.2) is 75.2 Å². The third kappa shape index (κ3) is 6.96. The Hall–Kier alpha value is -1.59. The SMILES string of the molecule is CCCN1CCC(NC(=NC)NCC(Cc2ccccc2)N(C)C)CC1. The fourth-order valence-electron chi connectivity index (χ4n) is 3.54. The van der Waals surface area contributed by atoms with Gasteiger partial charge in [0.25, 0.3) is 0 Å². The molecular weight excluding hydrogens is 322 g/mol. The molecule has 1 heterocycles. The van der Waals surface area contributed by atoms with E-state index in [1.165, 1.54) is 44.5 Å². The van der Waals surface area contributed by atoms with E-state index < -0.39 is 0 Å². The molecule has 2 rings (SSSR count). The van der Waals surface area contributed by atoms with Crippen LogP contribution in [0.2, 0.25) is 0 Å². The summed E-state index contributed by atoms with van der Waals surface area (Å²) in [5.41, 5.74) is 1.37. The molecule has 0 saturated carbocycles. The summed E-state index contributed by atoms with van der Waals surface area (Å²) >= 11 is 0. The van der Waals surface area contributed by atoms with Crippen LogP contribution in [0.1, 0.15) is 31.7 Å². The largest absolute Gasteiger partial charge is 0.355 e. The van der Waals surface area contributed by atoms with Crippen molar-refractivity contribution < 1.29 is 0 Å². The molecule has 1 fully saturated rings. The highest BCUT2D eigenvalue weighted by Gasteiger charge is 2.20. The highest BCUT2D eigenvalue weighted by Crippen LogP contribution is 2.10. The third-order valence-electron chi connectivity index (χ3n) is 5.24. The van der Waals surface area contributed by atoms with E-state index in [1.807, 2.05) is 7.05 Å². The van der Waals surface area contributed by atoms with Gasteiger partial charge in [0.05, 0.1) is 0 Å². The summed E-state index contributed by atoms with van der Waals surface area (Å²) in [5, 5.41) is 7.16. The molecule has 2 N–H and O–H groups in total. The van der Waals surface area contributed by atoms with Gasteiger partial charge in [-0.3, -0.25) is 4.99 Å². The van der Waals surface area contributed by atoms with Crippen molar-refractivity contribution in [2.75, 3.05) is 47.3 Å². The summed E-state index contributed by atoms with van der Waals surface area (Å²) in [6.45, 7) is 6.75. The Labute approximate surface area is 159 Å². The van der Waals surface area contributed by atoms with E-state index in [2.05, 4.69) is 76.8 Å². The van der Waals surface area contributed by atoms with E-state index in [-0.39, 0.29) is 0 Å². The van der Waals surface area contributed by atoms with Crippen LogP contribution in [0, 0.1) is 0 Å². The number of guanidine groups is 1. The molecule has 1 aromatic rings. The molecule has 146 valence electrons. The van der Waals surface area contributed by atoms with Crippen molar-refractivity contribution in [3.8, 4) is 0 Å². The van der Waals surface area contributed by atoms with Crippen LogP contribution in [-0.2, 0) is 6.42 Å². The van der Waals surface area contributed by atoms with Crippen molar-refractivity contribution in [2.45, 2.75) is 44.7 Å². The van der Waals surface area contributed by atoms with Crippen LogP contribution in [0.5, 0.6) is 0 Å². The van der Waals surface area contributed by atoms with Crippen molar-refractivity contribution in [1.82, 2.24) is 20.4 Å². The van der Waals surface area contributed by atoms with Crippen LogP contribution in [0.25, 0.3) is 0 Å². The zero-order chi connectivity index (χ0) is 18.8. The second-order valence-electron chi connectivity index (χ2n) is 7.52. The number of rotatable bonds is 8. The zero-order valence-corrected chi connectivity index (χ0v) is 17.0. The van der Waals surface area contributed by atoms with E-state index in [0.717, 1.165) is 18.9 Å². The predicted octanol–water partition coefficient (Wildman–Crippen LogP) is 2.20. The molecule has 1 saturated heterocycles. The second-order valence-corrected chi connectivity index (χ2v) is 7.52. The van der Waals surface area contributed by atoms with Gasteiger partial charge in [-0.2, -0.15) is 0 Å². The Morgan fingerprint density at radius 1 is 1.23 bits per heavy atom. The number of likely N-dealkylation sites (tertiary alicyclic amines) is 1. The predicted molar refractivity (Wildman–Crippen MR) is 112 cm³/mol. The topological polar surface area (TPSA) is 42.9 Å². The molecule has 5 heteroatoms. The number of hydrogen-bond acceptors (Lipinski definition) is 3. The quantitative estimate of drug-likeness (QED) is 0.552. The summed E-state index contributed by atoms with van der Waals surface area (Å²) in [7, 11) is 6.16. The number of benzene rings is 1. The minimum atomic E-state index is 0.433. The van der Waals surface area contributed by atoms with Crippen molar-refractivity contribution >= 4 is 5.96 Å². The smallest absolute Gasteiger partial charge is 0.191 e. The van der Waals surface area contributed by atoms with Gasteiger partial charge < -0.3 is 20.4 Å². The van der Waals surface area contributed by atoms with Gasteiger partial charge in [0.1, 0.15) is 0 Å². The summed E-state index contributed by atoms with van der Waals surface area (Å²) in [6, 6.07) is 11.7. The Kier molecular flexibility index (Phi) is 8.92. The number of nitrogens with zero attached hydrogens (tertiary/aromatic N) is 3. The van der Waals surface area contributed by atoms with Crippen molar-refractivity contribution in [3.05, 3.63) is 35.9 Å². The Bertz CT molecular complexity index is 520. The molecule has 1 atom stereocenters. The molecule has 1 aliphatic heterocycles. The van der Waals surface area contributed by atoms with Crippen LogP contribution < -0.4 is 10.6 Å². The molecular formula is C21H37N5.